The predicted octanol–water partition coefficient (Wildman–Crippen LogP) is 2.23. The van der Waals surface area contributed by atoms with Gasteiger partial charge >= 0.3 is 0 Å². The molecule has 27 heavy (non-hydrogen) atoms. The van der Waals surface area contributed by atoms with Crippen LogP contribution in [0.15, 0.2) is 53.4 Å². The Kier molecular flexibility index (Phi) is 8.92. The maximum Gasteiger partial charge on any atom is 0.251 e. The fraction of sp³-hybridized carbons (Fsp3) is 0.316. The van der Waals surface area contributed by atoms with Crippen molar-refractivity contribution in [2.24, 2.45) is 0 Å². The Balaban J connectivity index is 0.00000364. The second-order valence-electron chi connectivity index (χ2n) is 6.19. The van der Waals surface area contributed by atoms with Gasteiger partial charge in [0, 0.05) is 24.7 Å². The van der Waals surface area contributed by atoms with Crippen molar-refractivity contribution in [3.63, 3.8) is 0 Å². The van der Waals surface area contributed by atoms with Crippen molar-refractivity contribution >= 4 is 28.3 Å². The Morgan fingerprint density at radius 2 is 1.78 bits per heavy atom. The molecule has 0 spiro atoms. The van der Waals surface area contributed by atoms with Crippen LogP contribution in [0.25, 0.3) is 0 Å². The lowest BCUT2D eigenvalue weighted by molar-refractivity contribution is 0.0949. The average Bonchev–Trinajstić information content (AvgIpc) is 2.65. The minimum atomic E-state index is -3.71. The van der Waals surface area contributed by atoms with Crippen LogP contribution >= 0.6 is 12.4 Å². The summed E-state index contributed by atoms with van der Waals surface area (Å²) in [5.41, 5.74) is 1.94. The van der Waals surface area contributed by atoms with Gasteiger partial charge in [-0.05, 0) is 44.2 Å². The number of carbonyl (C=O) groups is 1. The first-order chi connectivity index (χ1) is 12.3. The number of hydrogen-bond acceptors (Lipinski definition) is 4. The number of benzene rings is 2. The highest BCUT2D eigenvalue weighted by atomic mass is 35.5. The van der Waals surface area contributed by atoms with E-state index in [9.17, 15) is 13.2 Å². The van der Waals surface area contributed by atoms with Gasteiger partial charge in [-0.2, -0.15) is 0 Å². The van der Waals surface area contributed by atoms with E-state index in [2.05, 4.69) is 15.4 Å². The molecule has 0 heterocycles. The minimum Gasteiger partial charge on any atom is -0.350 e. The standard InChI is InChI=1S/C19H25N3O3S.ClH/c1-14-9-10-17(11-18(14)19(23)21-12-15(2)20-3)26(24,25)22-13-16-7-5-4-6-8-16;/h4-11,15,20,22H,12-13H2,1-3H3,(H,21,23);1H. The van der Waals surface area contributed by atoms with E-state index < -0.39 is 10.0 Å². The summed E-state index contributed by atoms with van der Waals surface area (Å²) in [6.07, 6.45) is 0. The molecule has 148 valence electrons. The molecule has 0 radical (unpaired) electrons. The van der Waals surface area contributed by atoms with Crippen molar-refractivity contribution in [2.45, 2.75) is 31.3 Å². The lowest BCUT2D eigenvalue weighted by Gasteiger charge is -2.14. The molecule has 0 saturated carbocycles. The summed E-state index contributed by atoms with van der Waals surface area (Å²) in [6, 6.07) is 14.0. The Bertz CT molecular complexity index is 858. The highest BCUT2D eigenvalue weighted by Crippen LogP contribution is 2.16. The molecule has 1 atom stereocenters. The molecule has 0 bridgehead atoms. The minimum absolute atomic E-state index is 0. The molecule has 0 aliphatic rings. The van der Waals surface area contributed by atoms with Crippen LogP contribution in [0.5, 0.6) is 0 Å². The second kappa shape index (κ2) is 10.4. The van der Waals surface area contributed by atoms with E-state index in [4.69, 9.17) is 0 Å². The quantitative estimate of drug-likeness (QED) is 0.621. The maximum atomic E-state index is 12.6. The summed E-state index contributed by atoms with van der Waals surface area (Å²) in [4.78, 5) is 12.5. The molecule has 0 aromatic heterocycles. The second-order valence-corrected chi connectivity index (χ2v) is 7.95. The molecule has 8 heteroatoms. The number of aryl methyl sites for hydroxylation is 1. The zero-order valence-electron chi connectivity index (χ0n) is 15.7. The Labute approximate surface area is 167 Å². The number of carbonyl (C=O) groups excluding carboxylic acids is 1. The molecule has 2 aromatic carbocycles. The predicted molar refractivity (Wildman–Crippen MR) is 110 cm³/mol. The lowest BCUT2D eigenvalue weighted by atomic mass is 10.1. The molecular weight excluding hydrogens is 386 g/mol. The van der Waals surface area contributed by atoms with E-state index >= 15 is 0 Å². The van der Waals surface area contributed by atoms with E-state index in [0.29, 0.717) is 12.1 Å². The fourth-order valence-corrected chi connectivity index (χ4v) is 3.36. The van der Waals surface area contributed by atoms with Crippen molar-refractivity contribution in [2.75, 3.05) is 13.6 Å². The first-order valence-electron chi connectivity index (χ1n) is 8.43. The molecule has 0 saturated heterocycles. The van der Waals surface area contributed by atoms with Crippen LogP contribution in [-0.4, -0.2) is 34.0 Å². The van der Waals surface area contributed by atoms with Crippen molar-refractivity contribution in [1.29, 1.82) is 0 Å². The Morgan fingerprint density at radius 1 is 1.11 bits per heavy atom. The number of amides is 1. The van der Waals surface area contributed by atoms with E-state index in [-0.39, 0.29) is 35.8 Å². The van der Waals surface area contributed by atoms with Crippen LogP contribution in [0, 0.1) is 6.92 Å². The molecule has 0 aliphatic heterocycles. The molecule has 1 amide bonds. The summed E-state index contributed by atoms with van der Waals surface area (Å²) in [5, 5.41) is 5.84. The van der Waals surface area contributed by atoms with Gasteiger partial charge in [0.25, 0.3) is 5.91 Å². The summed E-state index contributed by atoms with van der Waals surface area (Å²) in [6.45, 7) is 4.38. The highest BCUT2D eigenvalue weighted by Gasteiger charge is 2.18. The third-order valence-corrected chi connectivity index (χ3v) is 5.53. The van der Waals surface area contributed by atoms with Gasteiger partial charge in [0.15, 0.2) is 0 Å². The highest BCUT2D eigenvalue weighted by molar-refractivity contribution is 7.89. The van der Waals surface area contributed by atoms with Gasteiger partial charge in [0.05, 0.1) is 4.90 Å². The van der Waals surface area contributed by atoms with Gasteiger partial charge in [0.1, 0.15) is 0 Å². The summed E-state index contributed by atoms with van der Waals surface area (Å²) in [7, 11) is -1.90. The molecule has 6 nitrogen and oxygen atoms in total. The molecule has 0 aliphatic carbocycles. The van der Waals surface area contributed by atoms with Crippen molar-refractivity contribution in [3.8, 4) is 0 Å². The molecule has 2 rings (SSSR count). The normalized spacial score (nSPS) is 12.1. The lowest BCUT2D eigenvalue weighted by Crippen LogP contribution is -2.37. The molecule has 2 aromatic rings. The number of likely N-dealkylation sites (N-methyl/N-ethyl adjacent to an activating group) is 1. The molecule has 1 unspecified atom stereocenters. The zero-order valence-corrected chi connectivity index (χ0v) is 17.3. The number of rotatable bonds is 8. The average molecular weight is 412 g/mol. The van der Waals surface area contributed by atoms with Crippen LogP contribution in [0.1, 0.15) is 28.4 Å². The zero-order chi connectivity index (χ0) is 19.2. The van der Waals surface area contributed by atoms with E-state index in [1.54, 1.807) is 13.0 Å². The van der Waals surface area contributed by atoms with Crippen molar-refractivity contribution in [1.82, 2.24) is 15.4 Å². The number of halogens is 1. The van der Waals surface area contributed by atoms with Gasteiger partial charge in [0.2, 0.25) is 10.0 Å². The van der Waals surface area contributed by atoms with E-state index in [0.717, 1.165) is 11.1 Å². The topological polar surface area (TPSA) is 87.3 Å². The largest absolute Gasteiger partial charge is 0.350 e. The van der Waals surface area contributed by atoms with Gasteiger partial charge in [-0.25, -0.2) is 13.1 Å². The van der Waals surface area contributed by atoms with Gasteiger partial charge in [-0.3, -0.25) is 4.79 Å². The Hall–Kier alpha value is -1.93. The van der Waals surface area contributed by atoms with Crippen LogP contribution in [0.3, 0.4) is 0 Å². The van der Waals surface area contributed by atoms with E-state index in [1.165, 1.54) is 12.1 Å². The summed E-state index contributed by atoms with van der Waals surface area (Å²) >= 11 is 0. The van der Waals surface area contributed by atoms with Crippen LogP contribution in [0.2, 0.25) is 0 Å². The summed E-state index contributed by atoms with van der Waals surface area (Å²) < 4.78 is 27.7. The Morgan fingerprint density at radius 3 is 2.41 bits per heavy atom. The first kappa shape index (κ1) is 23.1. The third kappa shape index (κ3) is 6.62. The monoisotopic (exact) mass is 411 g/mol. The van der Waals surface area contributed by atoms with Crippen molar-refractivity contribution in [3.05, 3.63) is 65.2 Å². The van der Waals surface area contributed by atoms with Crippen LogP contribution < -0.4 is 15.4 Å². The summed E-state index contributed by atoms with van der Waals surface area (Å²) in [5.74, 6) is -0.287. The molecular formula is C19H26ClN3O3S. The van der Waals surface area contributed by atoms with Gasteiger partial charge < -0.3 is 10.6 Å². The number of hydrogen-bond donors (Lipinski definition) is 3. The molecule has 3 N–H and O–H groups in total. The van der Waals surface area contributed by atoms with Crippen LogP contribution in [0.4, 0.5) is 0 Å². The SMILES string of the molecule is CNC(C)CNC(=O)c1cc(S(=O)(=O)NCc2ccccc2)ccc1C.Cl. The van der Waals surface area contributed by atoms with Gasteiger partial charge in [-0.15, -0.1) is 12.4 Å². The number of sulfonamides is 1. The third-order valence-electron chi connectivity index (χ3n) is 4.13. The van der Waals surface area contributed by atoms with Crippen molar-refractivity contribution < 1.29 is 13.2 Å². The smallest absolute Gasteiger partial charge is 0.251 e. The first-order valence-corrected chi connectivity index (χ1v) is 9.91. The van der Waals surface area contributed by atoms with Gasteiger partial charge in [-0.1, -0.05) is 36.4 Å². The maximum absolute atomic E-state index is 12.6. The van der Waals surface area contributed by atoms with Crippen LogP contribution in [-0.2, 0) is 16.6 Å². The molecule has 0 fully saturated rings. The number of nitrogens with one attached hydrogen (secondary N) is 3. The van der Waals surface area contributed by atoms with E-state index in [1.807, 2.05) is 44.3 Å². The fourth-order valence-electron chi connectivity index (χ4n) is 2.31.